The van der Waals surface area contributed by atoms with Crippen molar-refractivity contribution in [2.75, 3.05) is 6.61 Å². The first-order valence-electron chi connectivity index (χ1n) is 7.02. The zero-order valence-corrected chi connectivity index (χ0v) is 13.6. The Bertz CT molecular complexity index is 104. The smallest absolute Gasteiger partial charge is 1.00 e. The minimum absolute atomic E-state index is 0. The van der Waals surface area contributed by atoms with E-state index in [1.54, 1.807) is 0 Å². The van der Waals surface area contributed by atoms with Crippen molar-refractivity contribution in [1.29, 1.82) is 0 Å². The summed E-state index contributed by atoms with van der Waals surface area (Å²) in [5, 5.41) is 8.61. The summed E-state index contributed by atoms with van der Waals surface area (Å²) >= 11 is 0. The summed E-state index contributed by atoms with van der Waals surface area (Å²) in [6.45, 7) is 2.64. The van der Waals surface area contributed by atoms with Crippen LogP contribution in [0.5, 0.6) is 0 Å². The number of hydrogen-bond donors (Lipinski definition) is 1. The van der Waals surface area contributed by atoms with Crippen LogP contribution >= 0.6 is 0 Å². The second-order valence-electron chi connectivity index (χ2n) is 4.61. The van der Waals surface area contributed by atoms with Gasteiger partial charge in [-0.1, -0.05) is 77.6 Å². The summed E-state index contributed by atoms with van der Waals surface area (Å²) in [6.07, 6.45) is 16.2. The fourth-order valence-electron chi connectivity index (χ4n) is 1.95. The molecule has 16 heavy (non-hydrogen) atoms. The Morgan fingerprint density at radius 2 is 0.938 bits per heavy atom. The minimum Gasteiger partial charge on any atom is -1.00 e. The van der Waals surface area contributed by atoms with Crippen LogP contribution in [-0.2, 0) is 0 Å². The van der Waals surface area contributed by atoms with E-state index >= 15 is 0 Å². The summed E-state index contributed by atoms with van der Waals surface area (Å²) in [5.41, 5.74) is 0. The van der Waals surface area contributed by atoms with Gasteiger partial charge in [-0.15, -0.1) is 0 Å². The molecular formula is C14H32CaO. The van der Waals surface area contributed by atoms with Gasteiger partial charge in [0.25, 0.3) is 0 Å². The standard InChI is InChI=1S/C14H30O.Ca.2H/c1-2-3-4-5-6-7-8-9-10-11-12-13-14-15;;;/h15H,2-14H2,1H3;;;/q;+2;2*-1. The van der Waals surface area contributed by atoms with E-state index in [4.69, 9.17) is 5.11 Å². The van der Waals surface area contributed by atoms with E-state index in [9.17, 15) is 0 Å². The Kier molecular flexibility index (Phi) is 22.7. The van der Waals surface area contributed by atoms with Crippen LogP contribution in [0.2, 0.25) is 0 Å². The molecule has 0 fully saturated rings. The summed E-state index contributed by atoms with van der Waals surface area (Å²) in [7, 11) is 0. The van der Waals surface area contributed by atoms with Gasteiger partial charge in [0.15, 0.2) is 0 Å². The molecule has 1 N–H and O–H groups in total. The zero-order valence-electron chi connectivity index (χ0n) is 13.3. The molecule has 0 aromatic heterocycles. The van der Waals surface area contributed by atoms with Crippen LogP contribution in [0, 0.1) is 0 Å². The van der Waals surface area contributed by atoms with Crippen molar-refractivity contribution in [3.63, 3.8) is 0 Å². The summed E-state index contributed by atoms with van der Waals surface area (Å²) < 4.78 is 0. The van der Waals surface area contributed by atoms with Crippen molar-refractivity contribution in [2.24, 2.45) is 0 Å². The van der Waals surface area contributed by atoms with E-state index in [0.29, 0.717) is 6.61 Å². The first-order chi connectivity index (χ1) is 7.41. The molecule has 0 spiro atoms. The molecule has 0 aromatic carbocycles. The monoisotopic (exact) mass is 256 g/mol. The van der Waals surface area contributed by atoms with E-state index in [2.05, 4.69) is 6.92 Å². The van der Waals surface area contributed by atoms with Gasteiger partial charge in [0.05, 0.1) is 0 Å². The summed E-state index contributed by atoms with van der Waals surface area (Å²) in [5.74, 6) is 0. The van der Waals surface area contributed by atoms with Crippen LogP contribution < -0.4 is 0 Å². The SMILES string of the molecule is CCCCCCCCCCCCCCO.[Ca+2].[H-].[H-]. The molecule has 0 bridgehead atoms. The summed E-state index contributed by atoms with van der Waals surface area (Å²) in [6, 6.07) is 0. The van der Waals surface area contributed by atoms with Crippen molar-refractivity contribution >= 4 is 37.7 Å². The van der Waals surface area contributed by atoms with E-state index < -0.39 is 0 Å². The Morgan fingerprint density at radius 3 is 1.25 bits per heavy atom. The van der Waals surface area contributed by atoms with Crippen LogP contribution in [0.1, 0.15) is 86.8 Å². The molecular weight excluding hydrogens is 224 g/mol. The molecule has 0 saturated heterocycles. The number of aliphatic hydroxyl groups is 1. The molecule has 0 rings (SSSR count). The van der Waals surface area contributed by atoms with Crippen molar-refractivity contribution in [1.82, 2.24) is 0 Å². The van der Waals surface area contributed by atoms with Gasteiger partial charge in [0, 0.05) is 6.61 Å². The molecule has 0 radical (unpaired) electrons. The van der Waals surface area contributed by atoms with E-state index in [0.717, 1.165) is 6.42 Å². The maximum atomic E-state index is 8.61. The molecule has 0 aliphatic heterocycles. The largest absolute Gasteiger partial charge is 2.00 e. The minimum atomic E-state index is 0. The third-order valence-electron chi connectivity index (χ3n) is 3.01. The van der Waals surface area contributed by atoms with Gasteiger partial charge in [0.1, 0.15) is 0 Å². The number of rotatable bonds is 12. The van der Waals surface area contributed by atoms with Crippen LogP contribution in [0.3, 0.4) is 0 Å². The van der Waals surface area contributed by atoms with Gasteiger partial charge in [-0.3, -0.25) is 0 Å². The average molecular weight is 256 g/mol. The van der Waals surface area contributed by atoms with Crippen molar-refractivity contribution in [3.05, 3.63) is 0 Å². The third kappa shape index (κ3) is 17.6. The van der Waals surface area contributed by atoms with E-state index in [-0.39, 0.29) is 40.6 Å². The van der Waals surface area contributed by atoms with Crippen LogP contribution in [0.4, 0.5) is 0 Å². The quantitative estimate of drug-likeness (QED) is 0.402. The molecule has 2 heteroatoms. The molecule has 0 unspecified atom stereocenters. The maximum absolute atomic E-state index is 8.61. The molecule has 1 nitrogen and oxygen atoms in total. The zero-order chi connectivity index (χ0) is 11.2. The second-order valence-corrected chi connectivity index (χ2v) is 4.61. The van der Waals surface area contributed by atoms with Gasteiger partial charge < -0.3 is 7.96 Å². The Labute approximate surface area is 135 Å². The molecule has 0 atom stereocenters. The van der Waals surface area contributed by atoms with Crippen molar-refractivity contribution in [2.45, 2.75) is 84.0 Å². The molecule has 0 aliphatic rings. The van der Waals surface area contributed by atoms with Crippen LogP contribution in [0.15, 0.2) is 0 Å². The van der Waals surface area contributed by atoms with Crippen molar-refractivity contribution < 1.29 is 7.96 Å². The first-order valence-corrected chi connectivity index (χ1v) is 7.02. The van der Waals surface area contributed by atoms with Crippen LogP contribution in [-0.4, -0.2) is 49.5 Å². The maximum Gasteiger partial charge on any atom is 2.00 e. The van der Waals surface area contributed by atoms with Crippen LogP contribution in [0.25, 0.3) is 0 Å². The normalized spacial score (nSPS) is 10.1. The number of aliphatic hydroxyl groups excluding tert-OH is 1. The topological polar surface area (TPSA) is 20.2 Å². The fraction of sp³-hybridized carbons (Fsp3) is 1.00. The molecule has 0 aliphatic carbocycles. The van der Waals surface area contributed by atoms with Crippen molar-refractivity contribution in [3.8, 4) is 0 Å². The average Bonchev–Trinajstić information content (AvgIpc) is 2.26. The predicted molar refractivity (Wildman–Crippen MR) is 76.1 cm³/mol. The molecule has 0 aromatic rings. The predicted octanol–water partition coefficient (Wildman–Crippen LogP) is 4.52. The fourth-order valence-corrected chi connectivity index (χ4v) is 1.95. The summed E-state index contributed by atoms with van der Waals surface area (Å²) in [4.78, 5) is 0. The van der Waals surface area contributed by atoms with Gasteiger partial charge >= 0.3 is 37.7 Å². The van der Waals surface area contributed by atoms with Gasteiger partial charge in [-0.25, -0.2) is 0 Å². The number of hydrogen-bond acceptors (Lipinski definition) is 1. The second kappa shape index (κ2) is 18.6. The molecule has 0 heterocycles. The van der Waals surface area contributed by atoms with E-state index in [1.807, 2.05) is 0 Å². The van der Waals surface area contributed by atoms with Gasteiger partial charge in [0.2, 0.25) is 0 Å². The molecule has 0 amide bonds. The Morgan fingerprint density at radius 1 is 0.625 bits per heavy atom. The Hall–Kier alpha value is 1.22. The first kappa shape index (κ1) is 19.6. The Balaban J connectivity index is -0.000000327. The van der Waals surface area contributed by atoms with Gasteiger partial charge in [-0.05, 0) is 6.42 Å². The van der Waals surface area contributed by atoms with E-state index in [1.165, 1.54) is 70.6 Å². The third-order valence-corrected chi connectivity index (χ3v) is 3.01. The molecule has 96 valence electrons. The molecule has 0 saturated carbocycles. The number of unbranched alkanes of at least 4 members (excludes halogenated alkanes) is 11. The van der Waals surface area contributed by atoms with Gasteiger partial charge in [-0.2, -0.15) is 0 Å².